The Bertz CT molecular complexity index is 903. The standard InChI is InChI=1S/C17H19FN4O3/c1-4-13(16-20-10(3)25-22-16)21-17(23)19-8-15-9(2)12-7-11(18)5-6-14(12)24-15/h5-7,13H,4,8H2,1-3H3,(H2,19,21,23). The Kier molecular flexibility index (Phi) is 4.69. The lowest BCUT2D eigenvalue weighted by Gasteiger charge is -2.13. The average molecular weight is 346 g/mol. The topological polar surface area (TPSA) is 93.2 Å². The number of hydrogen-bond donors (Lipinski definition) is 2. The molecule has 1 atom stereocenters. The summed E-state index contributed by atoms with van der Waals surface area (Å²) < 4.78 is 24.0. The van der Waals surface area contributed by atoms with Crippen LogP contribution in [0.2, 0.25) is 0 Å². The van der Waals surface area contributed by atoms with Crippen molar-refractivity contribution in [2.24, 2.45) is 0 Å². The molecule has 2 aromatic heterocycles. The van der Waals surface area contributed by atoms with Gasteiger partial charge in [-0.05, 0) is 31.5 Å². The van der Waals surface area contributed by atoms with E-state index in [1.165, 1.54) is 12.1 Å². The van der Waals surface area contributed by atoms with E-state index < -0.39 is 0 Å². The second-order valence-electron chi connectivity index (χ2n) is 5.75. The van der Waals surface area contributed by atoms with Crippen molar-refractivity contribution in [3.05, 3.63) is 47.1 Å². The summed E-state index contributed by atoms with van der Waals surface area (Å²) in [5, 5.41) is 10.1. The first-order chi connectivity index (χ1) is 12.0. The molecule has 0 aliphatic carbocycles. The lowest BCUT2D eigenvalue weighted by Crippen LogP contribution is -2.37. The molecule has 1 aromatic carbocycles. The third kappa shape index (κ3) is 3.62. The van der Waals surface area contributed by atoms with Crippen LogP contribution < -0.4 is 10.6 Å². The highest BCUT2D eigenvalue weighted by molar-refractivity contribution is 5.82. The lowest BCUT2D eigenvalue weighted by atomic mass is 10.1. The fourth-order valence-corrected chi connectivity index (χ4v) is 2.59. The molecular formula is C17H19FN4O3. The van der Waals surface area contributed by atoms with Gasteiger partial charge in [0.05, 0.1) is 12.6 Å². The molecular weight excluding hydrogens is 327 g/mol. The minimum absolute atomic E-state index is 0.190. The molecule has 2 heterocycles. The van der Waals surface area contributed by atoms with E-state index in [1.54, 1.807) is 13.0 Å². The molecule has 0 saturated carbocycles. The maximum Gasteiger partial charge on any atom is 0.315 e. The molecule has 3 aromatic rings. The number of fused-ring (bicyclic) bond motifs is 1. The molecule has 132 valence electrons. The molecule has 2 amide bonds. The van der Waals surface area contributed by atoms with E-state index >= 15 is 0 Å². The van der Waals surface area contributed by atoms with Crippen molar-refractivity contribution in [2.75, 3.05) is 0 Å². The van der Waals surface area contributed by atoms with Gasteiger partial charge < -0.3 is 19.6 Å². The van der Waals surface area contributed by atoms with E-state index in [0.717, 1.165) is 5.56 Å². The van der Waals surface area contributed by atoms with Gasteiger partial charge in [0.25, 0.3) is 0 Å². The Morgan fingerprint density at radius 1 is 1.36 bits per heavy atom. The van der Waals surface area contributed by atoms with Crippen molar-refractivity contribution >= 4 is 17.0 Å². The van der Waals surface area contributed by atoms with Crippen LogP contribution in [0.1, 0.15) is 42.4 Å². The Morgan fingerprint density at radius 3 is 2.84 bits per heavy atom. The van der Waals surface area contributed by atoms with Gasteiger partial charge in [0.15, 0.2) is 5.82 Å². The first kappa shape index (κ1) is 16.9. The van der Waals surface area contributed by atoms with E-state index in [4.69, 9.17) is 8.94 Å². The summed E-state index contributed by atoms with van der Waals surface area (Å²) in [6.07, 6.45) is 0.620. The maximum absolute atomic E-state index is 13.3. The molecule has 0 spiro atoms. The Balaban J connectivity index is 1.65. The van der Waals surface area contributed by atoms with Crippen LogP contribution in [0.4, 0.5) is 9.18 Å². The number of urea groups is 1. The molecule has 25 heavy (non-hydrogen) atoms. The molecule has 7 nitrogen and oxygen atoms in total. The van der Waals surface area contributed by atoms with Gasteiger partial charge in [-0.1, -0.05) is 12.1 Å². The predicted octanol–water partition coefficient (Wildman–Crippen LogP) is 3.52. The van der Waals surface area contributed by atoms with E-state index in [2.05, 4.69) is 20.8 Å². The summed E-state index contributed by atoms with van der Waals surface area (Å²) >= 11 is 0. The van der Waals surface area contributed by atoms with E-state index in [9.17, 15) is 9.18 Å². The van der Waals surface area contributed by atoms with Crippen LogP contribution in [0.5, 0.6) is 0 Å². The Hall–Kier alpha value is -2.90. The minimum Gasteiger partial charge on any atom is -0.459 e. The van der Waals surface area contributed by atoms with Gasteiger partial charge in [-0.2, -0.15) is 4.98 Å². The highest BCUT2D eigenvalue weighted by atomic mass is 19.1. The number of nitrogens with one attached hydrogen (secondary N) is 2. The van der Waals surface area contributed by atoms with Crippen LogP contribution in [0.15, 0.2) is 27.1 Å². The van der Waals surface area contributed by atoms with Gasteiger partial charge in [-0.3, -0.25) is 0 Å². The number of halogens is 1. The van der Waals surface area contributed by atoms with Crippen LogP contribution >= 0.6 is 0 Å². The zero-order valence-corrected chi connectivity index (χ0v) is 14.2. The van der Waals surface area contributed by atoms with Crippen molar-refractivity contribution in [3.8, 4) is 0 Å². The number of rotatable bonds is 5. The van der Waals surface area contributed by atoms with Crippen LogP contribution in [0.25, 0.3) is 11.0 Å². The van der Waals surface area contributed by atoms with Crippen LogP contribution in [-0.2, 0) is 6.54 Å². The summed E-state index contributed by atoms with van der Waals surface area (Å²) in [5.74, 6) is 1.14. The largest absolute Gasteiger partial charge is 0.459 e. The predicted molar refractivity (Wildman–Crippen MR) is 88.3 cm³/mol. The maximum atomic E-state index is 13.3. The van der Waals surface area contributed by atoms with Crippen molar-refractivity contribution in [1.82, 2.24) is 20.8 Å². The van der Waals surface area contributed by atoms with Gasteiger partial charge in [0.2, 0.25) is 5.89 Å². The number of aromatic nitrogens is 2. The quantitative estimate of drug-likeness (QED) is 0.737. The van der Waals surface area contributed by atoms with Crippen molar-refractivity contribution < 1.29 is 18.1 Å². The van der Waals surface area contributed by atoms with E-state index in [1.807, 2.05) is 13.8 Å². The summed E-state index contributed by atoms with van der Waals surface area (Å²) in [7, 11) is 0. The number of amides is 2. The van der Waals surface area contributed by atoms with Gasteiger partial charge in [0, 0.05) is 17.9 Å². The summed E-state index contributed by atoms with van der Waals surface area (Å²) in [4.78, 5) is 16.3. The highest BCUT2D eigenvalue weighted by Gasteiger charge is 2.18. The lowest BCUT2D eigenvalue weighted by molar-refractivity contribution is 0.234. The molecule has 8 heteroatoms. The highest BCUT2D eigenvalue weighted by Crippen LogP contribution is 2.25. The number of benzene rings is 1. The zero-order valence-electron chi connectivity index (χ0n) is 14.2. The van der Waals surface area contributed by atoms with E-state index in [-0.39, 0.29) is 24.4 Å². The molecule has 0 bridgehead atoms. The average Bonchev–Trinajstić information content (AvgIpc) is 3.15. The van der Waals surface area contributed by atoms with Crippen LogP contribution in [-0.4, -0.2) is 16.2 Å². The molecule has 0 aliphatic rings. The number of aryl methyl sites for hydroxylation is 2. The van der Waals surface area contributed by atoms with Gasteiger partial charge in [-0.25, -0.2) is 9.18 Å². The SMILES string of the molecule is CCC(NC(=O)NCc1oc2ccc(F)cc2c1C)c1noc(C)n1. The summed E-state index contributed by atoms with van der Waals surface area (Å²) in [6.45, 7) is 5.62. The van der Waals surface area contributed by atoms with Crippen LogP contribution in [0.3, 0.4) is 0 Å². The van der Waals surface area contributed by atoms with Crippen LogP contribution in [0, 0.1) is 19.7 Å². The summed E-state index contributed by atoms with van der Waals surface area (Å²) in [6, 6.07) is 3.62. The summed E-state index contributed by atoms with van der Waals surface area (Å²) in [5.41, 5.74) is 1.39. The smallest absolute Gasteiger partial charge is 0.315 e. The van der Waals surface area contributed by atoms with Gasteiger partial charge in [-0.15, -0.1) is 0 Å². The third-order valence-electron chi connectivity index (χ3n) is 3.98. The van der Waals surface area contributed by atoms with Crippen molar-refractivity contribution in [1.29, 1.82) is 0 Å². The first-order valence-electron chi connectivity index (χ1n) is 8.00. The molecule has 0 aliphatic heterocycles. The molecule has 1 unspecified atom stereocenters. The van der Waals surface area contributed by atoms with Gasteiger partial charge >= 0.3 is 6.03 Å². The fourth-order valence-electron chi connectivity index (χ4n) is 2.59. The Morgan fingerprint density at radius 2 is 2.16 bits per heavy atom. The Labute approximate surface area is 143 Å². The number of carbonyl (C=O) groups is 1. The second-order valence-corrected chi connectivity index (χ2v) is 5.75. The molecule has 0 radical (unpaired) electrons. The zero-order chi connectivity index (χ0) is 18.0. The first-order valence-corrected chi connectivity index (χ1v) is 8.00. The van der Waals surface area contributed by atoms with Gasteiger partial charge in [0.1, 0.15) is 17.2 Å². The minimum atomic E-state index is -0.375. The number of carbonyl (C=O) groups excluding carboxylic acids is 1. The van der Waals surface area contributed by atoms with E-state index in [0.29, 0.717) is 34.9 Å². The number of nitrogens with zero attached hydrogens (tertiary/aromatic N) is 2. The monoisotopic (exact) mass is 346 g/mol. The molecule has 0 fully saturated rings. The number of furan rings is 1. The van der Waals surface area contributed by atoms with Crippen molar-refractivity contribution in [3.63, 3.8) is 0 Å². The normalized spacial score (nSPS) is 12.3. The molecule has 0 saturated heterocycles. The second kappa shape index (κ2) is 6.92. The molecule has 3 rings (SSSR count). The van der Waals surface area contributed by atoms with Crippen molar-refractivity contribution in [2.45, 2.75) is 39.8 Å². The fraction of sp³-hybridized carbons (Fsp3) is 0.353. The molecule has 2 N–H and O–H groups in total. The number of hydrogen-bond acceptors (Lipinski definition) is 5. The third-order valence-corrected chi connectivity index (χ3v) is 3.98.